The third kappa shape index (κ3) is 3.16. The number of aromatic nitrogens is 2. The molecule has 0 aromatic carbocycles. The summed E-state index contributed by atoms with van der Waals surface area (Å²) in [5, 5.41) is 0. The van der Waals surface area contributed by atoms with Gasteiger partial charge in [-0.15, -0.1) is 11.3 Å². The maximum atomic E-state index is 5.85. The fourth-order valence-corrected chi connectivity index (χ4v) is 6.43. The van der Waals surface area contributed by atoms with Crippen LogP contribution < -0.4 is 0 Å². The number of thiophene rings is 1. The maximum Gasteiger partial charge on any atom is 0.0926 e. The van der Waals surface area contributed by atoms with Gasteiger partial charge in [-0.3, -0.25) is 9.80 Å². The lowest BCUT2D eigenvalue weighted by Crippen LogP contribution is -2.56. The highest BCUT2D eigenvalue weighted by molar-refractivity contribution is 7.12. The number of imidazole rings is 1. The minimum Gasteiger partial charge on any atom is -0.373 e. The highest BCUT2D eigenvalue weighted by Gasteiger charge is 2.45. The van der Waals surface area contributed by atoms with Crippen LogP contribution >= 0.6 is 11.3 Å². The molecule has 2 aromatic heterocycles. The average Bonchev–Trinajstić information content (AvgIpc) is 3.45. The lowest BCUT2D eigenvalue weighted by Gasteiger charge is -2.50. The summed E-state index contributed by atoms with van der Waals surface area (Å²) in [4.78, 5) is 16.4. The van der Waals surface area contributed by atoms with Gasteiger partial charge in [-0.2, -0.15) is 0 Å². The van der Waals surface area contributed by atoms with Crippen LogP contribution in [0.5, 0.6) is 0 Å². The molecule has 146 valence electrons. The number of nitrogens with zero attached hydrogens (tertiary/aromatic N) is 3. The van der Waals surface area contributed by atoms with Crippen molar-refractivity contribution < 1.29 is 4.74 Å². The standard InChI is InChI=1S/C21H30N4OS/c1-2-25-10-7-17-20(23-15-22-17)21(25)8-11-24(12-9-21)14-16-5-6-19(27-16)18-4-3-13-26-18/h5-6,15,18H,2-4,7-14H2,1H3,(H,22,23). The quantitative estimate of drug-likeness (QED) is 0.870. The van der Waals surface area contributed by atoms with Gasteiger partial charge in [0.05, 0.1) is 23.7 Å². The Balaban J connectivity index is 1.26. The molecule has 2 fully saturated rings. The molecule has 27 heavy (non-hydrogen) atoms. The molecule has 6 heteroatoms. The average molecular weight is 387 g/mol. The van der Waals surface area contributed by atoms with Crippen LogP contribution in [0.15, 0.2) is 18.5 Å². The summed E-state index contributed by atoms with van der Waals surface area (Å²) in [6.07, 6.45) is 8.12. The second-order valence-electron chi connectivity index (χ2n) is 8.17. The number of likely N-dealkylation sites (N-methyl/N-ethyl adjacent to an activating group) is 1. The van der Waals surface area contributed by atoms with E-state index in [4.69, 9.17) is 9.72 Å². The summed E-state index contributed by atoms with van der Waals surface area (Å²) in [7, 11) is 0. The Labute approximate surface area is 165 Å². The van der Waals surface area contributed by atoms with Crippen molar-refractivity contribution in [3.8, 4) is 0 Å². The molecule has 5 heterocycles. The zero-order valence-corrected chi connectivity index (χ0v) is 17.1. The Bertz CT molecular complexity index is 771. The van der Waals surface area contributed by atoms with E-state index in [1.165, 1.54) is 46.8 Å². The molecule has 1 N–H and O–H groups in total. The van der Waals surface area contributed by atoms with Gasteiger partial charge in [-0.25, -0.2) is 4.98 Å². The van der Waals surface area contributed by atoms with Crippen molar-refractivity contribution in [2.45, 2.75) is 57.2 Å². The summed E-state index contributed by atoms with van der Waals surface area (Å²) in [5.41, 5.74) is 2.84. The number of hydrogen-bond acceptors (Lipinski definition) is 5. The molecular formula is C21H30N4OS. The Morgan fingerprint density at radius 1 is 1.30 bits per heavy atom. The SMILES string of the molecule is CCN1CCc2[nH]cnc2C12CCN(Cc1ccc(C3CCCO3)s1)CC2. The number of aromatic amines is 1. The van der Waals surface area contributed by atoms with Crippen molar-refractivity contribution in [2.75, 3.05) is 32.8 Å². The number of ether oxygens (including phenoxy) is 1. The predicted octanol–water partition coefficient (Wildman–Crippen LogP) is 3.69. The van der Waals surface area contributed by atoms with Crippen molar-refractivity contribution in [1.29, 1.82) is 0 Å². The van der Waals surface area contributed by atoms with Crippen LogP contribution in [0.25, 0.3) is 0 Å². The molecule has 0 saturated carbocycles. The van der Waals surface area contributed by atoms with E-state index < -0.39 is 0 Å². The van der Waals surface area contributed by atoms with E-state index in [1.807, 2.05) is 17.7 Å². The Morgan fingerprint density at radius 3 is 2.96 bits per heavy atom. The zero-order valence-electron chi connectivity index (χ0n) is 16.2. The number of likely N-dealkylation sites (tertiary alicyclic amines) is 1. The van der Waals surface area contributed by atoms with Crippen LogP contribution in [-0.2, 0) is 23.2 Å². The van der Waals surface area contributed by atoms with Crippen LogP contribution in [0.4, 0.5) is 0 Å². The molecule has 0 amide bonds. The number of piperidine rings is 1. The normalized spacial score (nSPS) is 25.9. The molecule has 5 rings (SSSR count). The number of rotatable bonds is 4. The molecule has 0 radical (unpaired) electrons. The van der Waals surface area contributed by atoms with Gasteiger partial charge in [0.15, 0.2) is 0 Å². The molecule has 1 unspecified atom stereocenters. The summed E-state index contributed by atoms with van der Waals surface area (Å²) >= 11 is 1.95. The van der Waals surface area contributed by atoms with Crippen molar-refractivity contribution in [3.05, 3.63) is 39.6 Å². The number of H-pyrrole nitrogens is 1. The summed E-state index contributed by atoms with van der Waals surface area (Å²) in [5.74, 6) is 0. The third-order valence-corrected chi connectivity index (χ3v) is 7.93. The van der Waals surface area contributed by atoms with Crippen molar-refractivity contribution in [1.82, 2.24) is 19.8 Å². The predicted molar refractivity (Wildman–Crippen MR) is 108 cm³/mol. The van der Waals surface area contributed by atoms with Gasteiger partial charge in [-0.05, 0) is 44.4 Å². The van der Waals surface area contributed by atoms with E-state index in [0.29, 0.717) is 6.10 Å². The first-order valence-corrected chi connectivity index (χ1v) is 11.3. The van der Waals surface area contributed by atoms with E-state index in [0.717, 1.165) is 45.8 Å². The molecule has 2 aromatic rings. The molecule has 3 aliphatic heterocycles. The first-order chi connectivity index (χ1) is 13.3. The minimum absolute atomic E-state index is 0.150. The zero-order chi connectivity index (χ0) is 18.3. The van der Waals surface area contributed by atoms with Gasteiger partial charge in [0, 0.05) is 54.7 Å². The monoisotopic (exact) mass is 386 g/mol. The second-order valence-corrected chi connectivity index (χ2v) is 9.37. The lowest BCUT2D eigenvalue weighted by molar-refractivity contribution is 0.00734. The van der Waals surface area contributed by atoms with Gasteiger partial charge < -0.3 is 9.72 Å². The third-order valence-electron chi connectivity index (χ3n) is 6.77. The summed E-state index contributed by atoms with van der Waals surface area (Å²) in [6.45, 7) is 8.86. The van der Waals surface area contributed by atoms with Crippen LogP contribution in [0.2, 0.25) is 0 Å². The second kappa shape index (κ2) is 7.32. The van der Waals surface area contributed by atoms with Crippen molar-refractivity contribution in [2.24, 2.45) is 0 Å². The summed E-state index contributed by atoms with van der Waals surface area (Å²) < 4.78 is 5.85. The van der Waals surface area contributed by atoms with Gasteiger partial charge in [0.2, 0.25) is 0 Å². The van der Waals surface area contributed by atoms with Crippen LogP contribution in [0, 0.1) is 0 Å². The molecule has 1 atom stereocenters. The first-order valence-electron chi connectivity index (χ1n) is 10.5. The fraction of sp³-hybridized carbons (Fsp3) is 0.667. The van der Waals surface area contributed by atoms with Gasteiger partial charge in [-0.1, -0.05) is 6.92 Å². The molecule has 0 bridgehead atoms. The Hall–Kier alpha value is -1.21. The topological polar surface area (TPSA) is 44.4 Å². The van der Waals surface area contributed by atoms with Gasteiger partial charge >= 0.3 is 0 Å². The maximum absolute atomic E-state index is 5.85. The minimum atomic E-state index is 0.150. The molecular weight excluding hydrogens is 356 g/mol. The first kappa shape index (κ1) is 17.9. The fourth-order valence-electron chi connectivity index (χ4n) is 5.29. The van der Waals surface area contributed by atoms with E-state index in [9.17, 15) is 0 Å². The van der Waals surface area contributed by atoms with E-state index in [2.05, 4.69) is 33.8 Å². The van der Waals surface area contributed by atoms with E-state index in [1.54, 1.807) is 0 Å². The van der Waals surface area contributed by atoms with Crippen LogP contribution in [0.1, 0.15) is 59.9 Å². The van der Waals surface area contributed by atoms with Gasteiger partial charge in [0.1, 0.15) is 0 Å². The van der Waals surface area contributed by atoms with E-state index >= 15 is 0 Å². The number of hydrogen-bond donors (Lipinski definition) is 1. The highest BCUT2D eigenvalue weighted by Crippen LogP contribution is 2.42. The smallest absolute Gasteiger partial charge is 0.0926 e. The highest BCUT2D eigenvalue weighted by atomic mass is 32.1. The Kier molecular flexibility index (Phi) is 4.84. The molecule has 3 aliphatic rings. The Morgan fingerprint density at radius 2 is 2.19 bits per heavy atom. The number of nitrogens with one attached hydrogen (secondary N) is 1. The van der Waals surface area contributed by atoms with Crippen LogP contribution in [0.3, 0.4) is 0 Å². The van der Waals surface area contributed by atoms with Crippen molar-refractivity contribution >= 4 is 11.3 Å². The number of fused-ring (bicyclic) bond motifs is 2. The molecule has 1 spiro atoms. The van der Waals surface area contributed by atoms with Crippen LogP contribution in [-0.4, -0.2) is 52.6 Å². The summed E-state index contributed by atoms with van der Waals surface area (Å²) in [6, 6.07) is 4.61. The van der Waals surface area contributed by atoms with Crippen molar-refractivity contribution in [3.63, 3.8) is 0 Å². The van der Waals surface area contributed by atoms with Gasteiger partial charge in [0.25, 0.3) is 0 Å². The molecule has 5 nitrogen and oxygen atoms in total. The van der Waals surface area contributed by atoms with E-state index in [-0.39, 0.29) is 5.54 Å². The lowest BCUT2D eigenvalue weighted by atomic mass is 9.78. The molecule has 2 saturated heterocycles. The largest absolute Gasteiger partial charge is 0.373 e. The molecule has 0 aliphatic carbocycles.